The van der Waals surface area contributed by atoms with E-state index in [9.17, 15) is 0 Å². The van der Waals surface area contributed by atoms with E-state index >= 15 is 0 Å². The smallest absolute Gasteiger partial charge is 0.118 e. The molecule has 0 N–H and O–H groups in total. The summed E-state index contributed by atoms with van der Waals surface area (Å²) in [6.45, 7) is 1.07. The zero-order valence-corrected chi connectivity index (χ0v) is 13.6. The predicted molar refractivity (Wildman–Crippen MR) is 94.4 cm³/mol. The molecule has 2 aliphatic heterocycles. The van der Waals surface area contributed by atoms with Gasteiger partial charge >= 0.3 is 0 Å². The summed E-state index contributed by atoms with van der Waals surface area (Å²) >= 11 is 0. The molecule has 0 aromatic heterocycles. The molecule has 2 nitrogen and oxygen atoms in total. The molecule has 2 heterocycles. The minimum absolute atomic E-state index is 0.589. The van der Waals surface area contributed by atoms with Crippen molar-refractivity contribution < 1.29 is 4.74 Å². The van der Waals surface area contributed by atoms with Gasteiger partial charge in [0, 0.05) is 18.6 Å². The fourth-order valence-corrected chi connectivity index (χ4v) is 3.98. The molecule has 4 rings (SSSR count). The topological polar surface area (TPSA) is 12.5 Å². The first kappa shape index (κ1) is 14.5. The van der Waals surface area contributed by atoms with Crippen molar-refractivity contribution in [2.24, 2.45) is 0 Å². The van der Waals surface area contributed by atoms with Crippen LogP contribution in [0, 0.1) is 0 Å². The monoisotopic (exact) mass is 305 g/mol. The van der Waals surface area contributed by atoms with Crippen molar-refractivity contribution in [1.29, 1.82) is 0 Å². The molecule has 2 aromatic carbocycles. The van der Waals surface area contributed by atoms with Gasteiger partial charge in [0.15, 0.2) is 0 Å². The first-order chi connectivity index (χ1) is 11.3. The van der Waals surface area contributed by atoms with Crippen molar-refractivity contribution in [3.05, 3.63) is 71.8 Å². The SMILES string of the molecule is COc1ccc(C2=CC3CCC(C2)N3Cc2ccccc2)cc1. The van der Waals surface area contributed by atoms with Gasteiger partial charge in [0.25, 0.3) is 0 Å². The third-order valence-corrected chi connectivity index (χ3v) is 5.21. The van der Waals surface area contributed by atoms with Crippen LogP contribution in [0.4, 0.5) is 0 Å². The summed E-state index contributed by atoms with van der Waals surface area (Å²) in [5, 5.41) is 0. The van der Waals surface area contributed by atoms with Crippen LogP contribution >= 0.6 is 0 Å². The average molecular weight is 305 g/mol. The van der Waals surface area contributed by atoms with E-state index < -0.39 is 0 Å². The van der Waals surface area contributed by atoms with Crippen molar-refractivity contribution >= 4 is 5.57 Å². The Morgan fingerprint density at radius 2 is 1.78 bits per heavy atom. The molecule has 0 amide bonds. The molecule has 23 heavy (non-hydrogen) atoms. The van der Waals surface area contributed by atoms with Crippen LogP contribution in [0.5, 0.6) is 5.75 Å². The summed E-state index contributed by atoms with van der Waals surface area (Å²) in [6, 6.07) is 20.6. The lowest BCUT2D eigenvalue weighted by molar-refractivity contribution is 0.203. The van der Waals surface area contributed by atoms with Crippen LogP contribution in [0.25, 0.3) is 5.57 Å². The number of methoxy groups -OCH3 is 1. The van der Waals surface area contributed by atoms with Gasteiger partial charge in [-0.1, -0.05) is 48.5 Å². The Morgan fingerprint density at radius 3 is 2.48 bits per heavy atom. The van der Waals surface area contributed by atoms with Crippen LogP contribution in [0.1, 0.15) is 30.4 Å². The van der Waals surface area contributed by atoms with Gasteiger partial charge in [-0.15, -0.1) is 0 Å². The lowest BCUT2D eigenvalue weighted by atomic mass is 9.94. The van der Waals surface area contributed by atoms with Gasteiger partial charge in [-0.25, -0.2) is 0 Å². The quantitative estimate of drug-likeness (QED) is 0.823. The average Bonchev–Trinajstić information content (AvgIpc) is 2.84. The Labute approximate surface area is 138 Å². The molecule has 2 bridgehead atoms. The number of benzene rings is 2. The third-order valence-electron chi connectivity index (χ3n) is 5.21. The Kier molecular flexibility index (Phi) is 3.92. The molecule has 0 radical (unpaired) electrons. The maximum atomic E-state index is 5.27. The highest BCUT2D eigenvalue weighted by Crippen LogP contribution is 2.39. The summed E-state index contributed by atoms with van der Waals surface area (Å²) in [7, 11) is 1.72. The number of hydrogen-bond acceptors (Lipinski definition) is 2. The highest BCUT2D eigenvalue weighted by Gasteiger charge is 2.36. The third kappa shape index (κ3) is 2.91. The molecule has 1 fully saturated rings. The summed E-state index contributed by atoms with van der Waals surface area (Å²) in [5.74, 6) is 0.929. The Balaban J connectivity index is 1.54. The summed E-state index contributed by atoms with van der Waals surface area (Å²) in [6.07, 6.45) is 6.26. The van der Waals surface area contributed by atoms with Gasteiger partial charge in [0.2, 0.25) is 0 Å². The molecule has 2 unspecified atom stereocenters. The summed E-state index contributed by atoms with van der Waals surface area (Å²) < 4.78 is 5.27. The van der Waals surface area contributed by atoms with E-state index in [1.807, 2.05) is 0 Å². The van der Waals surface area contributed by atoms with E-state index in [-0.39, 0.29) is 0 Å². The molecular weight excluding hydrogens is 282 g/mol. The summed E-state index contributed by atoms with van der Waals surface area (Å²) in [5.41, 5.74) is 4.28. The molecule has 2 aromatic rings. The molecule has 1 saturated heterocycles. The molecule has 0 aliphatic carbocycles. The van der Waals surface area contributed by atoms with Crippen molar-refractivity contribution in [3.63, 3.8) is 0 Å². The number of ether oxygens (including phenoxy) is 1. The van der Waals surface area contributed by atoms with Crippen molar-refractivity contribution in [3.8, 4) is 5.75 Å². The molecular formula is C21H23NO. The van der Waals surface area contributed by atoms with Gasteiger partial charge in [-0.2, -0.15) is 0 Å². The Bertz CT molecular complexity index is 690. The van der Waals surface area contributed by atoms with Gasteiger partial charge in [-0.05, 0) is 48.1 Å². The standard InChI is InChI=1S/C21H23NO/c1-23-21-11-7-17(8-12-21)18-13-19-9-10-20(14-18)22(19)15-16-5-3-2-4-6-16/h2-8,11-13,19-20H,9-10,14-15H2,1H3. The van der Waals surface area contributed by atoms with Crippen LogP contribution < -0.4 is 4.74 Å². The lowest BCUT2D eigenvalue weighted by Gasteiger charge is -2.34. The fraction of sp³-hybridized carbons (Fsp3) is 0.333. The van der Waals surface area contributed by atoms with Crippen molar-refractivity contribution in [2.45, 2.75) is 37.9 Å². The first-order valence-corrected chi connectivity index (χ1v) is 8.48. The Hall–Kier alpha value is -2.06. The second-order valence-corrected chi connectivity index (χ2v) is 6.58. The second-order valence-electron chi connectivity index (χ2n) is 6.58. The zero-order valence-electron chi connectivity index (χ0n) is 13.6. The van der Waals surface area contributed by atoms with E-state index in [0.717, 1.165) is 18.7 Å². The zero-order chi connectivity index (χ0) is 15.6. The molecule has 0 saturated carbocycles. The highest BCUT2D eigenvalue weighted by molar-refractivity contribution is 5.68. The fourth-order valence-electron chi connectivity index (χ4n) is 3.98. The Morgan fingerprint density at radius 1 is 1.00 bits per heavy atom. The van der Waals surface area contributed by atoms with Crippen LogP contribution in [0.2, 0.25) is 0 Å². The maximum Gasteiger partial charge on any atom is 0.118 e. The van der Waals surface area contributed by atoms with Crippen LogP contribution in [0.15, 0.2) is 60.7 Å². The van der Waals surface area contributed by atoms with E-state index in [2.05, 4.69) is 65.6 Å². The van der Waals surface area contributed by atoms with E-state index in [1.165, 1.54) is 29.5 Å². The molecule has 2 heteroatoms. The second kappa shape index (κ2) is 6.21. The number of nitrogens with zero attached hydrogens (tertiary/aromatic N) is 1. The molecule has 0 spiro atoms. The van der Waals surface area contributed by atoms with Crippen LogP contribution in [-0.4, -0.2) is 24.1 Å². The lowest BCUT2D eigenvalue weighted by Crippen LogP contribution is -2.37. The first-order valence-electron chi connectivity index (χ1n) is 8.48. The molecule has 2 atom stereocenters. The molecule has 2 aliphatic rings. The predicted octanol–water partition coefficient (Wildman–Crippen LogP) is 4.52. The van der Waals surface area contributed by atoms with Gasteiger partial charge < -0.3 is 4.74 Å². The van der Waals surface area contributed by atoms with Gasteiger partial charge in [0.05, 0.1) is 7.11 Å². The highest BCUT2D eigenvalue weighted by atomic mass is 16.5. The van der Waals surface area contributed by atoms with Crippen LogP contribution in [-0.2, 0) is 6.54 Å². The van der Waals surface area contributed by atoms with E-state index in [4.69, 9.17) is 4.74 Å². The minimum atomic E-state index is 0.589. The van der Waals surface area contributed by atoms with E-state index in [1.54, 1.807) is 7.11 Å². The van der Waals surface area contributed by atoms with E-state index in [0.29, 0.717) is 12.1 Å². The van der Waals surface area contributed by atoms with Gasteiger partial charge in [-0.3, -0.25) is 4.90 Å². The molecule has 118 valence electrons. The summed E-state index contributed by atoms with van der Waals surface area (Å²) in [4.78, 5) is 2.68. The number of hydrogen-bond donors (Lipinski definition) is 0. The van der Waals surface area contributed by atoms with Crippen molar-refractivity contribution in [1.82, 2.24) is 4.90 Å². The number of fused-ring (bicyclic) bond motifs is 2. The largest absolute Gasteiger partial charge is 0.497 e. The van der Waals surface area contributed by atoms with Crippen molar-refractivity contribution in [2.75, 3.05) is 7.11 Å². The normalized spacial score (nSPS) is 23.6. The van der Waals surface area contributed by atoms with Crippen LogP contribution in [0.3, 0.4) is 0 Å². The maximum absolute atomic E-state index is 5.27. The van der Waals surface area contributed by atoms with Gasteiger partial charge in [0.1, 0.15) is 5.75 Å². The minimum Gasteiger partial charge on any atom is -0.497 e. The number of rotatable bonds is 4.